The smallest absolute Gasteiger partial charge is 0.183 e. The molecule has 0 saturated heterocycles. The van der Waals surface area contributed by atoms with Crippen LogP contribution < -0.4 is 0 Å². The van der Waals surface area contributed by atoms with E-state index >= 15 is 4.79 Å². The lowest BCUT2D eigenvalue weighted by Gasteiger charge is -2.50. The van der Waals surface area contributed by atoms with Gasteiger partial charge in [-0.2, -0.15) is 0 Å². The minimum atomic E-state index is -0.920. The third kappa shape index (κ3) is 2.54. The number of Topliss-reactive ketones (excluding diaryl/α,β-unsaturated/α-hetero) is 1. The first-order valence-corrected chi connectivity index (χ1v) is 15.3. The van der Waals surface area contributed by atoms with E-state index in [1.807, 2.05) is 6.07 Å². The lowest BCUT2D eigenvalue weighted by atomic mass is 9.49. The molecule has 2 spiro atoms. The molecule has 6 aromatic carbocycles. The first-order valence-electron chi connectivity index (χ1n) is 15.3. The molecule has 10 rings (SSSR count). The molecule has 0 radical (unpaired) electrons. The number of carbonyl (C=O) groups is 1. The minimum Gasteiger partial charge on any atom is -0.292 e. The molecule has 0 aromatic heterocycles. The predicted octanol–water partition coefficient (Wildman–Crippen LogP) is 9.42. The Bertz CT molecular complexity index is 2190. The Morgan fingerprint density at radius 2 is 0.682 bits per heavy atom. The van der Waals surface area contributed by atoms with Crippen LogP contribution in [0.25, 0.3) is 33.4 Å². The molecule has 0 unspecified atom stereocenters. The number of fused-ring (bicyclic) bond motifs is 13. The van der Waals surface area contributed by atoms with Gasteiger partial charge in [0, 0.05) is 5.57 Å². The van der Waals surface area contributed by atoms with E-state index in [-0.39, 0.29) is 5.78 Å². The monoisotopic (exact) mass is 558 g/mol. The SMILES string of the molecule is O=C1C(c2ccccc2)=C2C(=C(c3ccccc3)C23c2ccccc2-c2ccccc23)C12c1ccccc1-c1ccccc12. The van der Waals surface area contributed by atoms with Crippen LogP contribution >= 0.6 is 0 Å². The predicted molar refractivity (Wildman–Crippen MR) is 177 cm³/mol. The topological polar surface area (TPSA) is 17.1 Å². The van der Waals surface area contributed by atoms with Gasteiger partial charge in [0.05, 0.1) is 5.41 Å². The van der Waals surface area contributed by atoms with Crippen LogP contribution in [0.1, 0.15) is 33.4 Å². The van der Waals surface area contributed by atoms with Crippen LogP contribution in [-0.2, 0) is 15.6 Å². The fraction of sp³-hybridized carbons (Fsp3) is 0.0465. The van der Waals surface area contributed by atoms with Crippen LogP contribution in [0, 0.1) is 0 Å². The Balaban J connectivity index is 1.47. The molecule has 0 bridgehead atoms. The van der Waals surface area contributed by atoms with E-state index in [1.54, 1.807) is 0 Å². The van der Waals surface area contributed by atoms with Gasteiger partial charge in [-0.1, -0.05) is 158 Å². The van der Waals surface area contributed by atoms with Crippen molar-refractivity contribution >= 4 is 16.9 Å². The van der Waals surface area contributed by atoms with Crippen molar-refractivity contribution in [1.82, 2.24) is 0 Å². The normalized spacial score (nSPS) is 17.3. The highest BCUT2D eigenvalue weighted by Gasteiger charge is 2.70. The molecule has 0 saturated carbocycles. The lowest BCUT2D eigenvalue weighted by Crippen LogP contribution is -2.45. The summed E-state index contributed by atoms with van der Waals surface area (Å²) in [5.41, 5.74) is 14.6. The first-order chi connectivity index (χ1) is 21.8. The maximum Gasteiger partial charge on any atom is 0.183 e. The van der Waals surface area contributed by atoms with Gasteiger partial charge in [0.2, 0.25) is 0 Å². The largest absolute Gasteiger partial charge is 0.292 e. The molecular weight excluding hydrogens is 532 g/mol. The summed E-state index contributed by atoms with van der Waals surface area (Å²) in [6.07, 6.45) is 0. The highest BCUT2D eigenvalue weighted by atomic mass is 16.1. The van der Waals surface area contributed by atoms with E-state index in [0.29, 0.717) is 0 Å². The Labute approximate surface area is 256 Å². The second-order valence-corrected chi connectivity index (χ2v) is 12.2. The average Bonchev–Trinajstić information content (AvgIpc) is 3.64. The first kappa shape index (κ1) is 24.0. The van der Waals surface area contributed by atoms with E-state index < -0.39 is 10.8 Å². The van der Waals surface area contributed by atoms with E-state index in [4.69, 9.17) is 0 Å². The molecule has 6 aromatic rings. The summed E-state index contributed by atoms with van der Waals surface area (Å²) in [7, 11) is 0. The fourth-order valence-corrected chi connectivity index (χ4v) is 9.03. The zero-order valence-corrected chi connectivity index (χ0v) is 23.9. The molecule has 1 heteroatoms. The van der Waals surface area contributed by atoms with Crippen LogP contribution in [-0.4, -0.2) is 5.78 Å². The highest BCUT2D eigenvalue weighted by Crippen LogP contribution is 2.76. The van der Waals surface area contributed by atoms with Crippen molar-refractivity contribution in [3.8, 4) is 22.3 Å². The zero-order chi connectivity index (χ0) is 29.0. The van der Waals surface area contributed by atoms with Crippen LogP contribution in [0.3, 0.4) is 0 Å². The number of hydrogen-bond acceptors (Lipinski definition) is 1. The van der Waals surface area contributed by atoms with Gasteiger partial charge < -0.3 is 0 Å². The van der Waals surface area contributed by atoms with Gasteiger partial charge in [-0.25, -0.2) is 0 Å². The van der Waals surface area contributed by atoms with E-state index in [2.05, 4.69) is 152 Å². The summed E-state index contributed by atoms with van der Waals surface area (Å²) < 4.78 is 0. The average molecular weight is 559 g/mol. The van der Waals surface area contributed by atoms with Crippen molar-refractivity contribution in [2.24, 2.45) is 0 Å². The molecule has 0 amide bonds. The molecule has 1 nitrogen and oxygen atoms in total. The molecule has 204 valence electrons. The summed E-state index contributed by atoms with van der Waals surface area (Å²) in [6.45, 7) is 0. The maximum absolute atomic E-state index is 15.8. The Hall–Kier alpha value is -5.53. The number of allylic oxidation sites excluding steroid dienone is 4. The third-order valence-electron chi connectivity index (χ3n) is 10.5. The zero-order valence-electron chi connectivity index (χ0n) is 23.9. The molecule has 4 aliphatic carbocycles. The number of ketones is 1. The standard InChI is InChI=1S/C43H26O/c44-41-37(27-15-3-1-4-16-27)39-40(43(41)35-25-13-9-21-31(35)32-22-10-14-26-36(32)43)38(28-17-5-2-6-18-28)42(39)33-23-11-7-19-29(33)30-20-8-12-24-34(30)42/h1-26H. The summed E-state index contributed by atoms with van der Waals surface area (Å²) in [5.74, 6) is 0.179. The van der Waals surface area contributed by atoms with Gasteiger partial charge in [0.15, 0.2) is 5.78 Å². The molecule has 0 heterocycles. The number of benzene rings is 6. The number of carbonyl (C=O) groups excluding carboxylic acids is 1. The third-order valence-corrected chi connectivity index (χ3v) is 10.5. The molecule has 0 N–H and O–H groups in total. The van der Waals surface area contributed by atoms with Gasteiger partial charge >= 0.3 is 0 Å². The number of rotatable bonds is 2. The highest BCUT2D eigenvalue weighted by molar-refractivity contribution is 6.39. The maximum atomic E-state index is 15.8. The molecule has 44 heavy (non-hydrogen) atoms. The van der Waals surface area contributed by atoms with E-state index in [0.717, 1.165) is 44.5 Å². The Morgan fingerprint density at radius 3 is 1.14 bits per heavy atom. The van der Waals surface area contributed by atoms with E-state index in [9.17, 15) is 0 Å². The molecular formula is C43H26O. The van der Waals surface area contributed by atoms with Crippen molar-refractivity contribution in [1.29, 1.82) is 0 Å². The quantitative estimate of drug-likeness (QED) is 0.207. The molecule has 0 aliphatic heterocycles. The van der Waals surface area contributed by atoms with Crippen molar-refractivity contribution in [3.63, 3.8) is 0 Å². The van der Waals surface area contributed by atoms with Gasteiger partial charge in [0.25, 0.3) is 0 Å². The second kappa shape index (κ2) is 8.30. The second-order valence-electron chi connectivity index (χ2n) is 12.2. The molecule has 0 atom stereocenters. The van der Waals surface area contributed by atoms with Crippen molar-refractivity contribution < 1.29 is 4.79 Å². The number of hydrogen-bond donors (Lipinski definition) is 0. The van der Waals surface area contributed by atoms with Crippen LogP contribution in [0.15, 0.2) is 169 Å². The summed E-state index contributed by atoms with van der Waals surface area (Å²) in [6, 6.07) is 56.0. The van der Waals surface area contributed by atoms with Crippen molar-refractivity contribution in [2.75, 3.05) is 0 Å². The van der Waals surface area contributed by atoms with Gasteiger partial charge in [-0.15, -0.1) is 0 Å². The summed E-state index contributed by atoms with van der Waals surface area (Å²) in [5, 5.41) is 0. The summed E-state index contributed by atoms with van der Waals surface area (Å²) >= 11 is 0. The van der Waals surface area contributed by atoms with Crippen molar-refractivity contribution in [3.05, 3.63) is 202 Å². The lowest BCUT2D eigenvalue weighted by molar-refractivity contribution is -0.116. The molecule has 4 aliphatic rings. The van der Waals surface area contributed by atoms with Crippen LogP contribution in [0.5, 0.6) is 0 Å². The van der Waals surface area contributed by atoms with E-state index in [1.165, 1.54) is 33.4 Å². The van der Waals surface area contributed by atoms with Gasteiger partial charge in [-0.05, 0) is 72.4 Å². The van der Waals surface area contributed by atoms with Crippen LogP contribution in [0.4, 0.5) is 0 Å². The summed E-state index contributed by atoms with van der Waals surface area (Å²) in [4.78, 5) is 15.8. The van der Waals surface area contributed by atoms with Gasteiger partial charge in [-0.3, -0.25) is 4.79 Å². The Kier molecular flexibility index (Phi) is 4.52. The Morgan fingerprint density at radius 1 is 0.318 bits per heavy atom. The minimum absolute atomic E-state index is 0.179. The molecule has 0 fully saturated rings. The van der Waals surface area contributed by atoms with Crippen molar-refractivity contribution in [2.45, 2.75) is 10.8 Å². The van der Waals surface area contributed by atoms with Gasteiger partial charge in [0.1, 0.15) is 5.41 Å². The van der Waals surface area contributed by atoms with Crippen LogP contribution in [0.2, 0.25) is 0 Å². The fourth-order valence-electron chi connectivity index (χ4n) is 9.03.